The minimum absolute atomic E-state index is 0.308. The van der Waals surface area contributed by atoms with Gasteiger partial charge in [0.05, 0.1) is 0 Å². The SMILES string of the molecule is CC(C)c1nc(Br)cc(N(C)Cc2ccccc2Br)n1. The summed E-state index contributed by atoms with van der Waals surface area (Å²) < 4.78 is 1.94. The summed E-state index contributed by atoms with van der Waals surface area (Å²) in [5, 5.41) is 0. The van der Waals surface area contributed by atoms with Crippen LogP contribution in [0.1, 0.15) is 31.2 Å². The highest BCUT2D eigenvalue weighted by Gasteiger charge is 2.11. The Hall–Kier alpha value is -0.940. The van der Waals surface area contributed by atoms with E-state index in [0.717, 1.165) is 27.3 Å². The van der Waals surface area contributed by atoms with Crippen molar-refractivity contribution in [2.24, 2.45) is 0 Å². The maximum Gasteiger partial charge on any atom is 0.134 e. The van der Waals surface area contributed by atoms with Crippen LogP contribution >= 0.6 is 31.9 Å². The van der Waals surface area contributed by atoms with E-state index in [1.165, 1.54) is 5.56 Å². The van der Waals surface area contributed by atoms with Gasteiger partial charge in [0.15, 0.2) is 0 Å². The van der Waals surface area contributed by atoms with Crippen LogP contribution in [0.15, 0.2) is 39.4 Å². The summed E-state index contributed by atoms with van der Waals surface area (Å²) in [6, 6.07) is 10.2. The average Bonchev–Trinajstić information content (AvgIpc) is 2.40. The Morgan fingerprint density at radius 2 is 1.85 bits per heavy atom. The molecule has 0 N–H and O–H groups in total. The van der Waals surface area contributed by atoms with E-state index in [0.29, 0.717) is 5.92 Å². The first-order valence-electron chi connectivity index (χ1n) is 6.46. The Bertz CT molecular complexity index is 599. The predicted octanol–water partition coefficient (Wildman–Crippen LogP) is 4.76. The molecule has 5 heteroatoms. The van der Waals surface area contributed by atoms with E-state index in [9.17, 15) is 0 Å². The molecule has 0 fully saturated rings. The Morgan fingerprint density at radius 3 is 2.50 bits per heavy atom. The van der Waals surface area contributed by atoms with Crippen LogP contribution in [0.5, 0.6) is 0 Å². The Kier molecular flexibility index (Phi) is 5.16. The summed E-state index contributed by atoms with van der Waals surface area (Å²) >= 11 is 7.04. The van der Waals surface area contributed by atoms with Gasteiger partial charge in [-0.3, -0.25) is 0 Å². The fraction of sp³-hybridized carbons (Fsp3) is 0.333. The number of aromatic nitrogens is 2. The first-order valence-corrected chi connectivity index (χ1v) is 8.05. The van der Waals surface area contributed by atoms with E-state index in [1.807, 2.05) is 25.2 Å². The van der Waals surface area contributed by atoms with Crippen molar-refractivity contribution in [2.45, 2.75) is 26.3 Å². The summed E-state index contributed by atoms with van der Waals surface area (Å²) in [7, 11) is 2.04. The first-order chi connectivity index (χ1) is 9.47. The number of hydrogen-bond acceptors (Lipinski definition) is 3. The molecule has 0 atom stereocenters. The molecule has 3 nitrogen and oxygen atoms in total. The van der Waals surface area contributed by atoms with E-state index < -0.39 is 0 Å². The van der Waals surface area contributed by atoms with Gasteiger partial charge in [0.1, 0.15) is 16.2 Å². The summed E-state index contributed by atoms with van der Waals surface area (Å²) in [5.41, 5.74) is 1.23. The molecule has 2 rings (SSSR count). The van der Waals surface area contributed by atoms with Crippen LogP contribution in [0.2, 0.25) is 0 Å². The molecule has 0 aliphatic heterocycles. The molecule has 1 aromatic carbocycles. The average molecular weight is 399 g/mol. The third-order valence-corrected chi connectivity index (χ3v) is 4.15. The van der Waals surface area contributed by atoms with Gasteiger partial charge in [-0.2, -0.15) is 0 Å². The zero-order chi connectivity index (χ0) is 14.7. The van der Waals surface area contributed by atoms with E-state index in [-0.39, 0.29) is 0 Å². The highest BCUT2D eigenvalue weighted by molar-refractivity contribution is 9.10. The number of hydrogen-bond donors (Lipinski definition) is 0. The molecule has 0 radical (unpaired) electrons. The molecule has 1 aromatic heterocycles. The predicted molar refractivity (Wildman–Crippen MR) is 90.1 cm³/mol. The van der Waals surface area contributed by atoms with Gasteiger partial charge in [-0.1, -0.05) is 48.0 Å². The standard InChI is InChI=1S/C15H17Br2N3/c1-10(2)15-18-13(17)8-14(19-15)20(3)9-11-6-4-5-7-12(11)16/h4-8,10H,9H2,1-3H3. The Labute approximate surface area is 136 Å². The Balaban J connectivity index is 2.25. The quantitative estimate of drug-likeness (QED) is 0.695. The molecule has 0 saturated carbocycles. The minimum atomic E-state index is 0.308. The van der Waals surface area contributed by atoms with E-state index >= 15 is 0 Å². The van der Waals surface area contributed by atoms with Crippen LogP contribution < -0.4 is 4.90 Å². The Morgan fingerprint density at radius 1 is 1.15 bits per heavy atom. The molecule has 1 heterocycles. The smallest absolute Gasteiger partial charge is 0.134 e. The molecule has 2 aromatic rings. The lowest BCUT2D eigenvalue weighted by Gasteiger charge is -2.20. The van der Waals surface area contributed by atoms with Crippen LogP contribution in [-0.2, 0) is 6.54 Å². The fourth-order valence-corrected chi connectivity index (χ4v) is 2.64. The minimum Gasteiger partial charge on any atom is -0.355 e. The summed E-state index contributed by atoms with van der Waals surface area (Å²) in [5.74, 6) is 2.09. The summed E-state index contributed by atoms with van der Waals surface area (Å²) in [4.78, 5) is 11.2. The molecule has 0 unspecified atom stereocenters. The molecule has 0 spiro atoms. The van der Waals surface area contributed by atoms with Crippen molar-refractivity contribution >= 4 is 37.7 Å². The van der Waals surface area contributed by atoms with Gasteiger partial charge in [-0.15, -0.1) is 0 Å². The second-order valence-corrected chi connectivity index (χ2v) is 6.68. The molecule has 0 saturated heterocycles. The van der Waals surface area contributed by atoms with E-state index in [1.54, 1.807) is 0 Å². The molecule has 0 amide bonds. The van der Waals surface area contributed by atoms with Gasteiger partial charge in [0.2, 0.25) is 0 Å². The fourth-order valence-electron chi connectivity index (χ4n) is 1.84. The maximum atomic E-state index is 4.63. The lowest BCUT2D eigenvalue weighted by atomic mass is 10.2. The van der Waals surface area contributed by atoms with Crippen molar-refractivity contribution in [2.75, 3.05) is 11.9 Å². The number of anilines is 1. The van der Waals surface area contributed by atoms with Gasteiger partial charge in [0, 0.05) is 30.0 Å². The largest absolute Gasteiger partial charge is 0.355 e. The number of benzene rings is 1. The van der Waals surface area contributed by atoms with Crippen LogP contribution in [0, 0.1) is 0 Å². The van der Waals surface area contributed by atoms with Crippen LogP contribution in [0.25, 0.3) is 0 Å². The zero-order valence-corrected chi connectivity index (χ0v) is 14.9. The molecule has 106 valence electrons. The number of rotatable bonds is 4. The monoisotopic (exact) mass is 397 g/mol. The van der Waals surface area contributed by atoms with Crippen LogP contribution in [0.3, 0.4) is 0 Å². The topological polar surface area (TPSA) is 29.0 Å². The van der Waals surface area contributed by atoms with Crippen molar-refractivity contribution < 1.29 is 0 Å². The van der Waals surface area contributed by atoms with Gasteiger partial charge < -0.3 is 4.90 Å². The number of nitrogens with zero attached hydrogens (tertiary/aromatic N) is 3. The van der Waals surface area contributed by atoms with Gasteiger partial charge in [0.25, 0.3) is 0 Å². The number of halogens is 2. The summed E-state index contributed by atoms with van der Waals surface area (Å²) in [6.07, 6.45) is 0. The van der Waals surface area contributed by atoms with E-state index in [2.05, 4.69) is 72.7 Å². The lowest BCUT2D eigenvalue weighted by molar-refractivity contribution is 0.757. The van der Waals surface area contributed by atoms with Crippen molar-refractivity contribution in [1.82, 2.24) is 9.97 Å². The first kappa shape index (κ1) is 15.4. The normalized spacial score (nSPS) is 10.9. The van der Waals surface area contributed by atoms with Gasteiger partial charge in [-0.05, 0) is 27.6 Å². The molecular formula is C15H17Br2N3. The third kappa shape index (κ3) is 3.79. The van der Waals surface area contributed by atoms with Crippen LogP contribution in [-0.4, -0.2) is 17.0 Å². The van der Waals surface area contributed by atoms with E-state index in [4.69, 9.17) is 0 Å². The zero-order valence-electron chi connectivity index (χ0n) is 11.8. The van der Waals surface area contributed by atoms with Crippen LogP contribution in [0.4, 0.5) is 5.82 Å². The molecule has 0 aliphatic rings. The lowest BCUT2D eigenvalue weighted by Crippen LogP contribution is -2.19. The summed E-state index contributed by atoms with van der Waals surface area (Å²) in [6.45, 7) is 4.99. The second-order valence-electron chi connectivity index (χ2n) is 5.01. The van der Waals surface area contributed by atoms with Crippen molar-refractivity contribution in [1.29, 1.82) is 0 Å². The highest BCUT2D eigenvalue weighted by Crippen LogP contribution is 2.23. The molecule has 0 aliphatic carbocycles. The molecule has 0 bridgehead atoms. The maximum absolute atomic E-state index is 4.63. The van der Waals surface area contributed by atoms with Crippen molar-refractivity contribution in [3.63, 3.8) is 0 Å². The highest BCUT2D eigenvalue weighted by atomic mass is 79.9. The van der Waals surface area contributed by atoms with Crippen molar-refractivity contribution in [3.8, 4) is 0 Å². The second kappa shape index (κ2) is 6.68. The van der Waals surface area contributed by atoms with Gasteiger partial charge >= 0.3 is 0 Å². The van der Waals surface area contributed by atoms with Crippen molar-refractivity contribution in [3.05, 3.63) is 50.8 Å². The third-order valence-electron chi connectivity index (χ3n) is 2.97. The molecular weight excluding hydrogens is 382 g/mol. The van der Waals surface area contributed by atoms with Gasteiger partial charge in [-0.25, -0.2) is 9.97 Å². The molecule has 20 heavy (non-hydrogen) atoms.